The van der Waals surface area contributed by atoms with E-state index in [1.807, 2.05) is 13.0 Å². The Balaban J connectivity index is 2.10. The molecule has 0 aliphatic rings. The molecule has 0 saturated heterocycles. The van der Waals surface area contributed by atoms with Gasteiger partial charge in [0.1, 0.15) is 0 Å². The van der Waals surface area contributed by atoms with Crippen molar-refractivity contribution < 1.29 is 4.79 Å². The van der Waals surface area contributed by atoms with Gasteiger partial charge in [0.15, 0.2) is 0 Å². The molecule has 0 spiro atoms. The van der Waals surface area contributed by atoms with Crippen LogP contribution in [0.1, 0.15) is 15.9 Å². The topological polar surface area (TPSA) is 51.1 Å². The quantitative estimate of drug-likeness (QED) is 0.779. The Morgan fingerprint density at radius 2 is 1.78 bits per heavy atom. The molecule has 0 radical (unpaired) electrons. The summed E-state index contributed by atoms with van der Waals surface area (Å²) in [6.45, 7) is 1.84. The first-order valence-electron chi connectivity index (χ1n) is 7.14. The maximum Gasteiger partial charge on any atom is 0.258 e. The van der Waals surface area contributed by atoms with Gasteiger partial charge in [0.2, 0.25) is 0 Å². The lowest BCUT2D eigenvalue weighted by atomic mass is 10.1. The van der Waals surface area contributed by atoms with E-state index in [0.29, 0.717) is 27.0 Å². The number of carbonyl (C=O) groups excluding carboxylic acids is 1. The average Bonchev–Trinajstić information content (AvgIpc) is 2.55. The number of benzene rings is 2. The summed E-state index contributed by atoms with van der Waals surface area (Å²) in [6.07, 6.45) is 1.56. The minimum absolute atomic E-state index is 0.129. The maximum atomic E-state index is 12.7. The number of pyridine rings is 1. The molecule has 0 unspecified atom stereocenters. The van der Waals surface area contributed by atoms with Gasteiger partial charge in [0.05, 0.1) is 5.56 Å². The number of halogens is 1. The molecule has 0 atom stereocenters. The molecule has 1 amide bonds. The summed E-state index contributed by atoms with van der Waals surface area (Å²) in [5.41, 5.74) is 1.77. The zero-order valence-electron chi connectivity index (χ0n) is 12.8. The van der Waals surface area contributed by atoms with Crippen molar-refractivity contribution in [2.45, 2.75) is 6.92 Å². The molecule has 116 valence electrons. The van der Waals surface area contributed by atoms with E-state index in [2.05, 4.69) is 5.32 Å². The lowest BCUT2D eigenvalue weighted by molar-refractivity contribution is 0.102. The van der Waals surface area contributed by atoms with Crippen molar-refractivity contribution in [3.8, 4) is 0 Å². The maximum absolute atomic E-state index is 12.7. The summed E-state index contributed by atoms with van der Waals surface area (Å²) >= 11 is 6.09. The van der Waals surface area contributed by atoms with Crippen LogP contribution in [-0.2, 0) is 7.05 Å². The van der Waals surface area contributed by atoms with Crippen molar-refractivity contribution in [3.63, 3.8) is 0 Å². The van der Waals surface area contributed by atoms with Crippen LogP contribution in [0.15, 0.2) is 53.5 Å². The Kier molecular flexibility index (Phi) is 3.92. The van der Waals surface area contributed by atoms with Crippen molar-refractivity contribution in [3.05, 3.63) is 75.2 Å². The Labute approximate surface area is 138 Å². The summed E-state index contributed by atoms with van der Waals surface area (Å²) in [4.78, 5) is 24.9. The lowest BCUT2D eigenvalue weighted by Crippen LogP contribution is -2.21. The smallest absolute Gasteiger partial charge is 0.258 e. The minimum Gasteiger partial charge on any atom is -0.322 e. The second kappa shape index (κ2) is 5.89. The van der Waals surface area contributed by atoms with Gasteiger partial charge in [-0.3, -0.25) is 9.59 Å². The van der Waals surface area contributed by atoms with Crippen LogP contribution >= 0.6 is 11.6 Å². The zero-order chi connectivity index (χ0) is 16.6. The van der Waals surface area contributed by atoms with Gasteiger partial charge in [0, 0.05) is 34.7 Å². The second-order valence-corrected chi connectivity index (χ2v) is 5.78. The van der Waals surface area contributed by atoms with Gasteiger partial charge >= 0.3 is 0 Å². The Hall–Kier alpha value is -2.59. The third-order valence-corrected chi connectivity index (χ3v) is 4.26. The molecule has 0 fully saturated rings. The molecule has 1 aromatic heterocycles. The van der Waals surface area contributed by atoms with E-state index >= 15 is 0 Å². The number of fused-ring (bicyclic) bond motifs is 1. The summed E-state index contributed by atoms with van der Waals surface area (Å²) < 4.78 is 1.42. The van der Waals surface area contributed by atoms with Gasteiger partial charge in [-0.1, -0.05) is 35.9 Å². The van der Waals surface area contributed by atoms with E-state index < -0.39 is 0 Å². The predicted octanol–water partition coefficient (Wildman–Crippen LogP) is 3.75. The summed E-state index contributed by atoms with van der Waals surface area (Å²) in [6, 6.07) is 12.4. The molecular formula is C18H15ClN2O2. The molecule has 0 saturated carbocycles. The van der Waals surface area contributed by atoms with E-state index in [4.69, 9.17) is 11.6 Å². The predicted molar refractivity (Wildman–Crippen MR) is 93.3 cm³/mol. The number of hydrogen-bond donors (Lipinski definition) is 1. The Morgan fingerprint density at radius 3 is 2.52 bits per heavy atom. The summed E-state index contributed by atoms with van der Waals surface area (Å²) in [5.74, 6) is -0.276. The largest absolute Gasteiger partial charge is 0.322 e. The van der Waals surface area contributed by atoms with E-state index in [-0.39, 0.29) is 11.5 Å². The van der Waals surface area contributed by atoms with Gasteiger partial charge < -0.3 is 9.88 Å². The molecule has 3 aromatic rings. The lowest BCUT2D eigenvalue weighted by Gasteiger charge is -2.12. The highest BCUT2D eigenvalue weighted by atomic mass is 35.5. The summed E-state index contributed by atoms with van der Waals surface area (Å²) in [5, 5.41) is 4.61. The van der Waals surface area contributed by atoms with Crippen LogP contribution in [0.2, 0.25) is 5.02 Å². The van der Waals surface area contributed by atoms with Gasteiger partial charge in [-0.15, -0.1) is 0 Å². The van der Waals surface area contributed by atoms with Crippen LogP contribution in [0, 0.1) is 6.92 Å². The third-order valence-electron chi connectivity index (χ3n) is 3.85. The normalized spacial score (nSPS) is 10.7. The minimum atomic E-state index is -0.276. The fraction of sp³-hybridized carbons (Fsp3) is 0.111. The molecule has 5 heteroatoms. The number of nitrogens with one attached hydrogen (secondary N) is 1. The fourth-order valence-electron chi connectivity index (χ4n) is 2.53. The van der Waals surface area contributed by atoms with E-state index in [1.165, 1.54) is 4.57 Å². The van der Waals surface area contributed by atoms with Gasteiger partial charge in [0.25, 0.3) is 11.5 Å². The number of anilines is 1. The highest BCUT2D eigenvalue weighted by Crippen LogP contribution is 2.24. The van der Waals surface area contributed by atoms with E-state index in [0.717, 1.165) is 5.56 Å². The monoisotopic (exact) mass is 326 g/mol. The number of aryl methyl sites for hydroxylation is 1. The average molecular weight is 327 g/mol. The molecule has 1 heterocycles. The molecule has 4 nitrogen and oxygen atoms in total. The van der Waals surface area contributed by atoms with Crippen molar-refractivity contribution in [1.82, 2.24) is 4.57 Å². The molecular weight excluding hydrogens is 312 g/mol. The molecule has 0 aliphatic carbocycles. The van der Waals surface area contributed by atoms with Crippen molar-refractivity contribution in [2.24, 2.45) is 7.05 Å². The highest BCUT2D eigenvalue weighted by molar-refractivity contribution is 6.31. The van der Waals surface area contributed by atoms with Gasteiger partial charge in [-0.2, -0.15) is 0 Å². The SMILES string of the molecule is Cc1c(Cl)cccc1NC(=O)c1cn(C)c(=O)c2ccccc12. The van der Waals surface area contributed by atoms with Crippen LogP contribution < -0.4 is 10.9 Å². The third kappa shape index (κ3) is 2.73. The Morgan fingerprint density at radius 1 is 1.09 bits per heavy atom. The van der Waals surface area contributed by atoms with Crippen molar-refractivity contribution >= 4 is 34.0 Å². The molecule has 23 heavy (non-hydrogen) atoms. The van der Waals surface area contributed by atoms with Crippen molar-refractivity contribution in [1.29, 1.82) is 0 Å². The van der Waals surface area contributed by atoms with Crippen LogP contribution in [0.25, 0.3) is 10.8 Å². The molecule has 1 N–H and O–H groups in total. The molecule has 0 aliphatic heterocycles. The highest BCUT2D eigenvalue weighted by Gasteiger charge is 2.14. The first-order chi connectivity index (χ1) is 11.0. The second-order valence-electron chi connectivity index (χ2n) is 5.37. The first-order valence-corrected chi connectivity index (χ1v) is 7.51. The van der Waals surface area contributed by atoms with Crippen molar-refractivity contribution in [2.75, 3.05) is 5.32 Å². The van der Waals surface area contributed by atoms with Crippen LogP contribution in [0.3, 0.4) is 0 Å². The number of carbonyl (C=O) groups is 1. The number of aromatic nitrogens is 1. The molecule has 3 rings (SSSR count). The fourth-order valence-corrected chi connectivity index (χ4v) is 2.70. The standard InChI is InChI=1S/C18H15ClN2O2/c1-11-15(19)8-5-9-16(11)20-17(22)14-10-21(2)18(23)13-7-4-3-6-12(13)14/h3-10H,1-2H3,(H,20,22). The number of amides is 1. The first kappa shape index (κ1) is 15.3. The van der Waals surface area contributed by atoms with E-state index in [9.17, 15) is 9.59 Å². The van der Waals surface area contributed by atoms with Gasteiger partial charge in [-0.05, 0) is 30.7 Å². The summed E-state index contributed by atoms with van der Waals surface area (Å²) in [7, 11) is 1.64. The molecule has 0 bridgehead atoms. The van der Waals surface area contributed by atoms with Gasteiger partial charge in [-0.25, -0.2) is 0 Å². The number of nitrogens with zero attached hydrogens (tertiary/aromatic N) is 1. The number of hydrogen-bond acceptors (Lipinski definition) is 2. The van der Waals surface area contributed by atoms with E-state index in [1.54, 1.807) is 49.6 Å². The van der Waals surface area contributed by atoms with Crippen LogP contribution in [0.5, 0.6) is 0 Å². The molecule has 2 aromatic carbocycles. The number of rotatable bonds is 2. The zero-order valence-corrected chi connectivity index (χ0v) is 13.5. The van der Waals surface area contributed by atoms with Crippen LogP contribution in [-0.4, -0.2) is 10.5 Å². The van der Waals surface area contributed by atoms with Crippen LogP contribution in [0.4, 0.5) is 5.69 Å². The Bertz CT molecular complexity index is 976.